The summed E-state index contributed by atoms with van der Waals surface area (Å²) < 4.78 is 21.4. The van der Waals surface area contributed by atoms with Crippen LogP contribution in [-0.4, -0.2) is 116 Å². The summed E-state index contributed by atoms with van der Waals surface area (Å²) in [4.78, 5) is 27.5. The van der Waals surface area contributed by atoms with Crippen LogP contribution in [0.4, 0.5) is 0 Å². The van der Waals surface area contributed by atoms with Crippen molar-refractivity contribution in [2.45, 2.75) is 85.8 Å². The number of nitrogens with one attached hydrogen (secondary N) is 4. The van der Waals surface area contributed by atoms with E-state index < -0.39 is 12.1 Å². The first-order valence-corrected chi connectivity index (χ1v) is 15.4. The van der Waals surface area contributed by atoms with Gasteiger partial charge in [0.15, 0.2) is 17.8 Å². The van der Waals surface area contributed by atoms with E-state index in [1.165, 1.54) is 12.8 Å². The summed E-state index contributed by atoms with van der Waals surface area (Å²) in [6.07, 6.45) is 5.97. The van der Waals surface area contributed by atoms with Gasteiger partial charge in [-0.1, -0.05) is 24.8 Å². The molecule has 8 unspecified atom stereocenters. The van der Waals surface area contributed by atoms with Gasteiger partial charge in [-0.2, -0.15) is 0 Å². The number of nitrogens with two attached hydrogens (primary N) is 2. The SMILES string of the molecule is NC(=O)C1NCC(N[C@@H]2CCCC[C@H]2N)CC1NC1CNSC1C1COC2C(=O)C=C(N3CCOCC3)OC21. The van der Waals surface area contributed by atoms with Crippen molar-refractivity contribution in [1.29, 1.82) is 0 Å². The number of carbonyl (C=O) groups excluding carboxylic acids is 2. The minimum absolute atomic E-state index is 0.0129. The van der Waals surface area contributed by atoms with Gasteiger partial charge in [-0.3, -0.25) is 14.3 Å². The smallest absolute Gasteiger partial charge is 0.236 e. The zero-order valence-electron chi connectivity index (χ0n) is 22.4. The van der Waals surface area contributed by atoms with Crippen LogP contribution in [-0.2, 0) is 23.8 Å². The molecule has 218 valence electrons. The Morgan fingerprint density at radius 3 is 2.72 bits per heavy atom. The molecule has 5 heterocycles. The third kappa shape index (κ3) is 5.96. The van der Waals surface area contributed by atoms with E-state index in [1.54, 1.807) is 18.0 Å². The van der Waals surface area contributed by atoms with Gasteiger partial charge in [-0.25, -0.2) is 0 Å². The Kier molecular flexibility index (Phi) is 8.66. The van der Waals surface area contributed by atoms with Crippen molar-refractivity contribution in [2.24, 2.45) is 17.4 Å². The van der Waals surface area contributed by atoms with Gasteiger partial charge in [-0.05, 0) is 19.3 Å². The third-order valence-electron chi connectivity index (χ3n) is 9.18. The Hall–Kier alpha value is -1.45. The van der Waals surface area contributed by atoms with Crippen molar-refractivity contribution < 1.29 is 23.8 Å². The van der Waals surface area contributed by atoms with E-state index in [0.29, 0.717) is 51.4 Å². The maximum Gasteiger partial charge on any atom is 0.236 e. The second kappa shape index (κ2) is 12.2. The van der Waals surface area contributed by atoms with Gasteiger partial charge in [0.1, 0.15) is 12.1 Å². The lowest BCUT2D eigenvalue weighted by atomic mass is 9.87. The summed E-state index contributed by atoms with van der Waals surface area (Å²) in [7, 11) is 0. The van der Waals surface area contributed by atoms with Crippen LogP contribution in [0, 0.1) is 5.92 Å². The molecule has 1 saturated carbocycles. The predicted octanol–water partition coefficient (Wildman–Crippen LogP) is -1.83. The molecule has 6 rings (SSSR count). The van der Waals surface area contributed by atoms with Gasteiger partial charge in [-0.15, -0.1) is 0 Å². The van der Waals surface area contributed by atoms with E-state index in [9.17, 15) is 9.59 Å². The molecule has 0 aromatic rings. The molecule has 1 amide bonds. The van der Waals surface area contributed by atoms with Crippen molar-refractivity contribution in [2.75, 3.05) is 46.0 Å². The lowest BCUT2D eigenvalue weighted by Gasteiger charge is -2.42. The van der Waals surface area contributed by atoms with Crippen LogP contribution in [0.15, 0.2) is 12.0 Å². The number of ether oxygens (including phenoxy) is 3. The van der Waals surface area contributed by atoms with Crippen LogP contribution in [0.1, 0.15) is 32.1 Å². The highest BCUT2D eigenvalue weighted by Crippen LogP contribution is 2.39. The van der Waals surface area contributed by atoms with E-state index in [-0.39, 0.29) is 53.1 Å². The molecule has 4 saturated heterocycles. The minimum Gasteiger partial charge on any atom is -0.472 e. The molecular formula is C26H43N7O5S. The van der Waals surface area contributed by atoms with Crippen molar-refractivity contribution in [3.8, 4) is 0 Å². The molecular weight excluding hydrogens is 522 g/mol. The number of morpholine rings is 1. The Morgan fingerprint density at radius 1 is 1.10 bits per heavy atom. The first-order chi connectivity index (χ1) is 19.0. The fourth-order valence-electron chi connectivity index (χ4n) is 7.07. The van der Waals surface area contributed by atoms with Crippen molar-refractivity contribution in [3.05, 3.63) is 12.0 Å². The van der Waals surface area contributed by atoms with Gasteiger partial charge in [0.25, 0.3) is 0 Å². The predicted molar refractivity (Wildman–Crippen MR) is 146 cm³/mol. The fraction of sp³-hybridized carbons (Fsp3) is 0.846. The third-order valence-corrected chi connectivity index (χ3v) is 10.5. The second-order valence-corrected chi connectivity index (χ2v) is 12.8. The van der Waals surface area contributed by atoms with Crippen LogP contribution in [0.3, 0.4) is 0 Å². The van der Waals surface area contributed by atoms with E-state index in [2.05, 4.69) is 25.6 Å². The summed E-state index contributed by atoms with van der Waals surface area (Å²) in [5.74, 6) is 0.261. The maximum absolute atomic E-state index is 13.0. The molecule has 0 radical (unpaired) electrons. The number of piperidine rings is 1. The molecule has 1 aliphatic carbocycles. The van der Waals surface area contributed by atoms with Gasteiger partial charge in [0.05, 0.1) is 19.8 Å². The maximum atomic E-state index is 13.0. The van der Waals surface area contributed by atoms with Crippen molar-refractivity contribution in [1.82, 2.24) is 25.6 Å². The lowest BCUT2D eigenvalue weighted by Crippen LogP contribution is -2.67. The first-order valence-electron chi connectivity index (χ1n) is 14.5. The molecule has 0 spiro atoms. The first kappa shape index (κ1) is 27.7. The summed E-state index contributed by atoms with van der Waals surface area (Å²) in [5.41, 5.74) is 12.2. The Balaban J connectivity index is 1.12. The largest absolute Gasteiger partial charge is 0.472 e. The second-order valence-electron chi connectivity index (χ2n) is 11.7. The average molecular weight is 566 g/mol. The molecule has 0 aromatic heterocycles. The summed E-state index contributed by atoms with van der Waals surface area (Å²) in [6, 6.07) is 0.150. The number of ketones is 1. The standard InChI is InChI=1S/C26H43N7O5S/c27-16-3-1-2-4-17(16)31-14-9-18(22(26(28)35)29-11-14)32-19-12-30-39-25(19)15-13-37-24-20(34)10-21(38-23(15)24)33-5-7-36-8-6-33/h10,14-19,22-25,29-32H,1-9,11-13,27H2,(H2,28,35)/t14?,15?,16-,17-,18?,19?,22?,23?,24?,25?/m1/s1. The lowest BCUT2D eigenvalue weighted by molar-refractivity contribution is -0.133. The van der Waals surface area contributed by atoms with Crippen LogP contribution in [0.25, 0.3) is 0 Å². The fourth-order valence-corrected chi connectivity index (χ4v) is 8.29. The van der Waals surface area contributed by atoms with E-state index in [0.717, 1.165) is 25.8 Å². The van der Waals surface area contributed by atoms with E-state index in [4.69, 9.17) is 25.7 Å². The molecule has 0 aromatic carbocycles. The van der Waals surface area contributed by atoms with Crippen LogP contribution in [0.5, 0.6) is 0 Å². The molecule has 6 aliphatic rings. The molecule has 5 fully saturated rings. The summed E-state index contributed by atoms with van der Waals surface area (Å²) in [5, 5.41) is 11.0. The molecule has 8 N–H and O–H groups in total. The highest BCUT2D eigenvalue weighted by atomic mass is 32.2. The number of nitrogens with zero attached hydrogens (tertiary/aromatic N) is 1. The van der Waals surface area contributed by atoms with Crippen molar-refractivity contribution in [3.63, 3.8) is 0 Å². The molecule has 0 bridgehead atoms. The number of hydrogen-bond donors (Lipinski definition) is 6. The molecule has 12 nitrogen and oxygen atoms in total. The zero-order chi connectivity index (χ0) is 26.9. The monoisotopic (exact) mass is 565 g/mol. The Morgan fingerprint density at radius 2 is 1.92 bits per heavy atom. The minimum atomic E-state index is -0.579. The highest BCUT2D eigenvalue weighted by molar-refractivity contribution is 7.98. The van der Waals surface area contributed by atoms with E-state index in [1.807, 2.05) is 0 Å². The quantitative estimate of drug-likeness (QED) is 0.192. The summed E-state index contributed by atoms with van der Waals surface area (Å²) >= 11 is 1.66. The summed E-state index contributed by atoms with van der Waals surface area (Å²) in [6.45, 7) is 4.52. The Bertz CT molecular complexity index is 936. The average Bonchev–Trinajstić information content (AvgIpc) is 3.57. The van der Waals surface area contributed by atoms with Crippen LogP contribution in [0.2, 0.25) is 0 Å². The van der Waals surface area contributed by atoms with Crippen molar-refractivity contribution >= 4 is 23.6 Å². The molecule has 10 atom stereocenters. The number of amides is 1. The number of fused-ring (bicyclic) bond motifs is 1. The van der Waals surface area contributed by atoms with E-state index >= 15 is 0 Å². The highest BCUT2D eigenvalue weighted by Gasteiger charge is 2.52. The van der Waals surface area contributed by atoms with Crippen LogP contribution >= 0.6 is 11.9 Å². The number of rotatable bonds is 7. The normalized spacial score (nSPS) is 43.1. The van der Waals surface area contributed by atoms with Gasteiger partial charge in [0, 0.05) is 73.6 Å². The van der Waals surface area contributed by atoms with Gasteiger partial charge in [0.2, 0.25) is 5.91 Å². The Labute approximate surface area is 234 Å². The number of hydrogen-bond acceptors (Lipinski definition) is 12. The van der Waals surface area contributed by atoms with Gasteiger partial charge < -0.3 is 46.5 Å². The number of carbonyl (C=O) groups is 2. The number of primary amides is 1. The zero-order valence-corrected chi connectivity index (χ0v) is 23.2. The topological polar surface area (TPSA) is 165 Å². The van der Waals surface area contributed by atoms with Crippen LogP contribution < -0.4 is 32.1 Å². The molecule has 13 heteroatoms. The molecule has 5 aliphatic heterocycles. The van der Waals surface area contributed by atoms with Gasteiger partial charge >= 0.3 is 0 Å². The molecule has 39 heavy (non-hydrogen) atoms.